The van der Waals surface area contributed by atoms with Crippen LogP contribution in [0.15, 0.2) is 41.5 Å². The number of nitrogens with one attached hydrogen (secondary N) is 1. The largest absolute Gasteiger partial charge is 0.492 e. The van der Waals surface area contributed by atoms with Gasteiger partial charge in [0.05, 0.1) is 24.8 Å². The van der Waals surface area contributed by atoms with E-state index < -0.39 is 48.5 Å². The standard InChI is InChI=1S/C24H27F5N4O3/c1-15(22(35)31-20-6-5-18(10-30-20)36-13-16-2-3-16)32-9-8-23(25,26)19(12-32)17-4-7-21(34)33(11-17)14-24(27,28)29/h4-7,10-11,15-16,19H,2-3,8-9,12-14H2,1H3,(H,30,31,35). The highest BCUT2D eigenvalue weighted by Gasteiger charge is 2.46. The van der Waals surface area contributed by atoms with Crippen LogP contribution in [0, 0.1) is 5.92 Å². The van der Waals surface area contributed by atoms with Crippen LogP contribution < -0.4 is 15.6 Å². The average Bonchev–Trinajstić information content (AvgIpc) is 3.63. The first-order valence-corrected chi connectivity index (χ1v) is 11.7. The quantitative estimate of drug-likeness (QED) is 0.538. The molecule has 3 heterocycles. The van der Waals surface area contributed by atoms with E-state index in [1.54, 1.807) is 24.0 Å². The summed E-state index contributed by atoms with van der Waals surface area (Å²) < 4.78 is 74.0. The highest BCUT2D eigenvalue weighted by Crippen LogP contribution is 2.40. The molecule has 7 nitrogen and oxygen atoms in total. The number of likely N-dealkylation sites (tertiary alicyclic amines) is 1. The lowest BCUT2D eigenvalue weighted by atomic mass is 9.87. The second-order valence-electron chi connectivity index (χ2n) is 9.40. The molecule has 0 bridgehead atoms. The van der Waals surface area contributed by atoms with Gasteiger partial charge >= 0.3 is 6.18 Å². The van der Waals surface area contributed by atoms with Gasteiger partial charge in [0, 0.05) is 31.8 Å². The number of hydrogen-bond acceptors (Lipinski definition) is 5. The minimum atomic E-state index is -4.67. The molecule has 0 aromatic carbocycles. The molecule has 1 aliphatic heterocycles. The monoisotopic (exact) mass is 514 g/mol. The summed E-state index contributed by atoms with van der Waals surface area (Å²) in [4.78, 5) is 30.3. The van der Waals surface area contributed by atoms with Crippen molar-refractivity contribution in [2.45, 2.75) is 56.8 Å². The molecule has 2 unspecified atom stereocenters. The summed E-state index contributed by atoms with van der Waals surface area (Å²) in [6.45, 7) is 0.263. The number of pyridine rings is 2. The maximum Gasteiger partial charge on any atom is 0.406 e. The topological polar surface area (TPSA) is 76.5 Å². The Bertz CT molecular complexity index is 1130. The number of aromatic nitrogens is 2. The molecular weight excluding hydrogens is 487 g/mol. The van der Waals surface area contributed by atoms with Gasteiger partial charge in [-0.15, -0.1) is 0 Å². The van der Waals surface area contributed by atoms with Crippen molar-refractivity contribution >= 4 is 11.7 Å². The zero-order valence-electron chi connectivity index (χ0n) is 19.6. The van der Waals surface area contributed by atoms with Crippen molar-refractivity contribution in [2.24, 2.45) is 5.92 Å². The maximum absolute atomic E-state index is 14.8. The third-order valence-electron chi connectivity index (χ3n) is 6.51. The summed E-state index contributed by atoms with van der Waals surface area (Å²) in [5, 5.41) is 2.66. The molecule has 1 aliphatic carbocycles. The van der Waals surface area contributed by atoms with Crippen molar-refractivity contribution in [1.29, 1.82) is 0 Å². The van der Waals surface area contributed by atoms with Crippen LogP contribution in [-0.2, 0) is 11.3 Å². The summed E-state index contributed by atoms with van der Waals surface area (Å²) in [7, 11) is 0. The molecule has 1 N–H and O–H groups in total. The van der Waals surface area contributed by atoms with Gasteiger partial charge in [0.25, 0.3) is 11.5 Å². The Morgan fingerprint density at radius 1 is 1.25 bits per heavy atom. The fraction of sp³-hybridized carbons (Fsp3) is 0.542. The lowest BCUT2D eigenvalue weighted by Gasteiger charge is -2.40. The Labute approximate surface area is 204 Å². The van der Waals surface area contributed by atoms with Gasteiger partial charge in [-0.05, 0) is 43.4 Å². The number of amides is 1. The van der Waals surface area contributed by atoms with E-state index in [1.165, 1.54) is 6.20 Å². The summed E-state index contributed by atoms with van der Waals surface area (Å²) in [6.07, 6.45) is -0.624. The molecule has 1 saturated carbocycles. The van der Waals surface area contributed by atoms with Crippen molar-refractivity contribution in [3.05, 3.63) is 52.6 Å². The zero-order valence-corrected chi connectivity index (χ0v) is 19.6. The smallest absolute Gasteiger partial charge is 0.406 e. The number of ether oxygens (including phenoxy) is 1. The summed E-state index contributed by atoms with van der Waals surface area (Å²) in [5.74, 6) is -3.71. The summed E-state index contributed by atoms with van der Waals surface area (Å²) in [6, 6.07) is 4.44. The van der Waals surface area contributed by atoms with Crippen LogP contribution in [0.25, 0.3) is 0 Å². The molecule has 0 spiro atoms. The minimum absolute atomic E-state index is 0.0817. The Hall–Kier alpha value is -3.02. The number of anilines is 1. The van der Waals surface area contributed by atoms with Gasteiger partial charge in [0.1, 0.15) is 18.1 Å². The number of carbonyl (C=O) groups excluding carboxylic acids is 1. The van der Waals surface area contributed by atoms with Gasteiger partial charge in [0.2, 0.25) is 5.91 Å². The maximum atomic E-state index is 14.8. The van der Waals surface area contributed by atoms with Crippen LogP contribution in [-0.4, -0.2) is 58.2 Å². The minimum Gasteiger partial charge on any atom is -0.492 e. The predicted octanol–water partition coefficient (Wildman–Crippen LogP) is 4.05. The van der Waals surface area contributed by atoms with E-state index in [9.17, 15) is 31.5 Å². The summed E-state index contributed by atoms with van der Waals surface area (Å²) >= 11 is 0. The molecule has 12 heteroatoms. The van der Waals surface area contributed by atoms with Gasteiger partial charge in [-0.25, -0.2) is 13.8 Å². The van der Waals surface area contributed by atoms with Crippen LogP contribution >= 0.6 is 0 Å². The molecule has 1 saturated heterocycles. The van der Waals surface area contributed by atoms with E-state index in [0.717, 1.165) is 31.2 Å². The van der Waals surface area contributed by atoms with E-state index in [4.69, 9.17) is 4.74 Å². The van der Waals surface area contributed by atoms with Crippen molar-refractivity contribution < 1.29 is 31.5 Å². The van der Waals surface area contributed by atoms with Crippen LogP contribution in [0.5, 0.6) is 5.75 Å². The normalized spacial score (nSPS) is 21.1. The number of carbonyl (C=O) groups is 1. The molecule has 2 aromatic rings. The second kappa shape index (κ2) is 10.2. The first-order valence-electron chi connectivity index (χ1n) is 11.7. The van der Waals surface area contributed by atoms with Gasteiger partial charge in [-0.1, -0.05) is 6.07 Å². The van der Waals surface area contributed by atoms with Crippen LogP contribution in [0.1, 0.15) is 37.7 Å². The Kier molecular flexibility index (Phi) is 7.35. The predicted molar refractivity (Wildman–Crippen MR) is 121 cm³/mol. The third kappa shape index (κ3) is 6.59. The Balaban J connectivity index is 1.42. The lowest BCUT2D eigenvalue weighted by Crippen LogP contribution is -2.52. The molecule has 0 radical (unpaired) electrons. The molecule has 2 fully saturated rings. The third-order valence-corrected chi connectivity index (χ3v) is 6.51. The summed E-state index contributed by atoms with van der Waals surface area (Å²) in [5.41, 5.74) is -1.03. The molecule has 196 valence electrons. The number of piperidine rings is 1. The average molecular weight is 514 g/mol. The van der Waals surface area contributed by atoms with Crippen LogP contribution in [0.2, 0.25) is 0 Å². The van der Waals surface area contributed by atoms with Crippen LogP contribution in [0.3, 0.4) is 0 Å². The van der Waals surface area contributed by atoms with E-state index in [0.29, 0.717) is 22.8 Å². The van der Waals surface area contributed by atoms with Crippen molar-refractivity contribution in [2.75, 3.05) is 25.0 Å². The number of nitrogens with zero attached hydrogens (tertiary/aromatic N) is 3. The fourth-order valence-corrected chi connectivity index (χ4v) is 4.13. The zero-order chi connectivity index (χ0) is 26.1. The van der Waals surface area contributed by atoms with Gasteiger partial charge < -0.3 is 14.6 Å². The van der Waals surface area contributed by atoms with Gasteiger partial charge in [0.15, 0.2) is 0 Å². The first kappa shape index (κ1) is 26.1. The molecule has 36 heavy (non-hydrogen) atoms. The van der Waals surface area contributed by atoms with Gasteiger partial charge in [-0.2, -0.15) is 13.2 Å². The van der Waals surface area contributed by atoms with Crippen molar-refractivity contribution in [3.8, 4) is 5.75 Å². The number of rotatable bonds is 8. The molecular formula is C24H27F5N4O3. The van der Waals surface area contributed by atoms with Crippen LogP contribution in [0.4, 0.5) is 27.8 Å². The van der Waals surface area contributed by atoms with E-state index in [1.807, 2.05) is 0 Å². The van der Waals surface area contributed by atoms with E-state index in [-0.39, 0.29) is 24.5 Å². The highest BCUT2D eigenvalue weighted by molar-refractivity contribution is 5.93. The Morgan fingerprint density at radius 3 is 2.64 bits per heavy atom. The highest BCUT2D eigenvalue weighted by atomic mass is 19.4. The number of halogens is 5. The van der Waals surface area contributed by atoms with Crippen molar-refractivity contribution in [1.82, 2.24) is 14.5 Å². The second-order valence-corrected chi connectivity index (χ2v) is 9.40. The number of alkyl halides is 5. The molecule has 2 aliphatic rings. The molecule has 4 rings (SSSR count). The SMILES string of the molecule is CC(C(=O)Nc1ccc(OCC2CC2)cn1)N1CCC(F)(F)C(c2ccc(=O)n(CC(F)(F)F)c2)C1. The lowest BCUT2D eigenvalue weighted by molar-refractivity contribution is -0.141. The molecule has 2 atom stereocenters. The first-order chi connectivity index (χ1) is 16.9. The van der Waals surface area contributed by atoms with Crippen molar-refractivity contribution in [3.63, 3.8) is 0 Å². The van der Waals surface area contributed by atoms with E-state index >= 15 is 0 Å². The number of hydrogen-bond donors (Lipinski definition) is 1. The Morgan fingerprint density at radius 2 is 2.00 bits per heavy atom. The molecule has 1 amide bonds. The molecule has 2 aromatic heterocycles. The van der Waals surface area contributed by atoms with E-state index in [2.05, 4.69) is 10.3 Å². The van der Waals surface area contributed by atoms with Gasteiger partial charge in [-0.3, -0.25) is 14.5 Å². The fourth-order valence-electron chi connectivity index (χ4n) is 4.13.